The fourth-order valence-corrected chi connectivity index (χ4v) is 2.45. The molecule has 0 spiro atoms. The average Bonchev–Trinajstić information content (AvgIpc) is 3.22. The van der Waals surface area contributed by atoms with Crippen molar-refractivity contribution >= 4 is 39.2 Å². The fourth-order valence-electron chi connectivity index (χ4n) is 2.08. The van der Waals surface area contributed by atoms with Gasteiger partial charge in [-0.15, -0.1) is 0 Å². The molecule has 0 aliphatic carbocycles. The van der Waals surface area contributed by atoms with Crippen molar-refractivity contribution in [2.45, 2.75) is 6.92 Å². The van der Waals surface area contributed by atoms with E-state index < -0.39 is 11.7 Å². The minimum atomic E-state index is -0.544. The van der Waals surface area contributed by atoms with Gasteiger partial charge in [0.1, 0.15) is 5.82 Å². The molecule has 12 heteroatoms. The number of hydrogen-bond donors (Lipinski definition) is 3. The number of anilines is 1. The standard InChI is InChI=1S/C15H13BrFN7O3/c1-7-5-11(20-24(7)2)15(25)19-14-12(22-27-23-14)13(21-26)18-8-3-4-10(17)9(16)6-8/h3-6,26H,1-2H3,(H,18,21)(H,19,23,25). The van der Waals surface area contributed by atoms with Gasteiger partial charge >= 0.3 is 0 Å². The molecule has 2 aromatic heterocycles. The van der Waals surface area contributed by atoms with Crippen LogP contribution in [0.5, 0.6) is 0 Å². The number of nitrogens with one attached hydrogen (secondary N) is 2. The van der Waals surface area contributed by atoms with E-state index in [1.807, 2.05) is 5.48 Å². The van der Waals surface area contributed by atoms with Gasteiger partial charge in [0.25, 0.3) is 5.91 Å². The molecule has 0 radical (unpaired) electrons. The number of carbonyl (C=O) groups excluding carboxylic acids is 1. The molecule has 3 N–H and O–H groups in total. The maximum atomic E-state index is 13.3. The van der Waals surface area contributed by atoms with E-state index in [1.165, 1.54) is 18.2 Å². The van der Waals surface area contributed by atoms with E-state index in [4.69, 9.17) is 0 Å². The van der Waals surface area contributed by atoms with Crippen molar-refractivity contribution in [3.05, 3.63) is 51.6 Å². The molecule has 140 valence electrons. The maximum Gasteiger partial charge on any atom is 0.277 e. The second-order valence-corrected chi connectivity index (χ2v) is 6.24. The van der Waals surface area contributed by atoms with E-state index >= 15 is 0 Å². The smallest absolute Gasteiger partial charge is 0.277 e. The van der Waals surface area contributed by atoms with Gasteiger partial charge in [-0.25, -0.2) is 14.0 Å². The predicted octanol–water partition coefficient (Wildman–Crippen LogP) is 2.32. The fraction of sp³-hybridized carbons (Fsp3) is 0.133. The summed E-state index contributed by atoms with van der Waals surface area (Å²) < 4.78 is 19.7. The number of aromatic nitrogens is 4. The molecule has 0 saturated carbocycles. The molecular formula is C15H13BrFN7O3. The van der Waals surface area contributed by atoms with Crippen molar-refractivity contribution in [2.24, 2.45) is 12.0 Å². The molecule has 0 unspecified atom stereocenters. The van der Waals surface area contributed by atoms with E-state index in [9.17, 15) is 14.4 Å². The number of amidine groups is 1. The Morgan fingerprint density at radius 2 is 2.15 bits per heavy atom. The summed E-state index contributed by atoms with van der Waals surface area (Å²) in [5, 5.41) is 23.2. The molecule has 0 fully saturated rings. The van der Waals surface area contributed by atoms with E-state index in [-0.39, 0.29) is 27.5 Å². The second kappa shape index (κ2) is 7.63. The van der Waals surface area contributed by atoms with Crippen LogP contribution in [0.4, 0.5) is 15.9 Å². The molecule has 0 aliphatic heterocycles. The Kier molecular flexibility index (Phi) is 5.28. The first-order chi connectivity index (χ1) is 12.9. The Bertz CT molecular complexity index is 1010. The van der Waals surface area contributed by atoms with Gasteiger partial charge in [-0.3, -0.25) is 20.2 Å². The number of hydrogen-bond acceptors (Lipinski definition) is 7. The zero-order valence-corrected chi connectivity index (χ0v) is 15.7. The number of hydroxylamine groups is 1. The molecule has 27 heavy (non-hydrogen) atoms. The Morgan fingerprint density at radius 1 is 1.37 bits per heavy atom. The molecule has 0 bridgehead atoms. The van der Waals surface area contributed by atoms with Crippen molar-refractivity contribution in [1.29, 1.82) is 0 Å². The van der Waals surface area contributed by atoms with Gasteiger partial charge in [-0.1, -0.05) is 0 Å². The average molecular weight is 438 g/mol. The number of aryl methyl sites for hydroxylation is 2. The van der Waals surface area contributed by atoms with E-state index in [0.29, 0.717) is 5.69 Å². The van der Waals surface area contributed by atoms with Gasteiger partial charge in [0.15, 0.2) is 17.2 Å². The van der Waals surface area contributed by atoms with Crippen LogP contribution in [0.1, 0.15) is 21.9 Å². The second-order valence-electron chi connectivity index (χ2n) is 5.38. The maximum absolute atomic E-state index is 13.3. The van der Waals surface area contributed by atoms with E-state index in [0.717, 1.165) is 5.69 Å². The van der Waals surface area contributed by atoms with Crippen LogP contribution >= 0.6 is 15.9 Å². The summed E-state index contributed by atoms with van der Waals surface area (Å²) in [6, 6.07) is 5.58. The number of halogens is 2. The highest BCUT2D eigenvalue weighted by Gasteiger charge is 2.21. The van der Waals surface area contributed by atoms with Crippen LogP contribution in [0.2, 0.25) is 0 Å². The Labute approximate surface area is 160 Å². The van der Waals surface area contributed by atoms with Gasteiger partial charge in [0, 0.05) is 12.7 Å². The van der Waals surface area contributed by atoms with Crippen LogP contribution in [0, 0.1) is 12.7 Å². The normalized spacial score (nSPS) is 11.5. The van der Waals surface area contributed by atoms with Crippen LogP contribution in [0.15, 0.2) is 38.4 Å². The molecule has 0 aliphatic rings. The molecule has 0 saturated heterocycles. The van der Waals surface area contributed by atoms with Gasteiger partial charge < -0.3 is 5.32 Å². The van der Waals surface area contributed by atoms with Crippen LogP contribution in [-0.2, 0) is 7.05 Å². The summed E-state index contributed by atoms with van der Waals surface area (Å²) >= 11 is 3.05. The molecular weight excluding hydrogens is 425 g/mol. The molecule has 1 amide bonds. The minimum absolute atomic E-state index is 0.0565. The summed E-state index contributed by atoms with van der Waals surface area (Å²) in [7, 11) is 1.70. The molecule has 2 heterocycles. The topological polar surface area (TPSA) is 130 Å². The Morgan fingerprint density at radius 3 is 2.78 bits per heavy atom. The summed E-state index contributed by atoms with van der Waals surface area (Å²) in [6.45, 7) is 1.80. The molecule has 3 rings (SSSR count). The first kappa shape index (κ1) is 18.7. The lowest BCUT2D eigenvalue weighted by atomic mass is 10.3. The zero-order valence-electron chi connectivity index (χ0n) is 14.1. The lowest BCUT2D eigenvalue weighted by Crippen LogP contribution is -2.23. The largest absolute Gasteiger partial charge is 0.300 e. The highest BCUT2D eigenvalue weighted by atomic mass is 79.9. The lowest BCUT2D eigenvalue weighted by molar-refractivity contribution is 0.102. The number of aliphatic imine (C=N–C) groups is 1. The summed E-state index contributed by atoms with van der Waals surface area (Å²) in [5.41, 5.74) is 3.07. The first-order valence-corrected chi connectivity index (χ1v) is 8.27. The Balaban J connectivity index is 1.88. The summed E-state index contributed by atoms with van der Waals surface area (Å²) in [5.74, 6) is -1.25. The van der Waals surface area contributed by atoms with Crippen molar-refractivity contribution in [3.8, 4) is 0 Å². The number of carbonyl (C=O) groups is 1. The highest BCUT2D eigenvalue weighted by molar-refractivity contribution is 9.10. The minimum Gasteiger partial charge on any atom is -0.300 e. The SMILES string of the molecule is Cc1cc(C(=O)Nc2nonc2C(=Nc2ccc(F)c(Br)c2)NO)nn1C. The zero-order chi connectivity index (χ0) is 19.6. The van der Waals surface area contributed by atoms with Gasteiger partial charge in [-0.05, 0) is 57.4 Å². The van der Waals surface area contributed by atoms with E-state index in [2.05, 4.69) is 46.3 Å². The number of benzene rings is 1. The third-order valence-corrected chi connectivity index (χ3v) is 4.15. The van der Waals surface area contributed by atoms with Crippen LogP contribution in [0.25, 0.3) is 0 Å². The molecule has 1 aromatic carbocycles. The van der Waals surface area contributed by atoms with Gasteiger partial charge in [-0.2, -0.15) is 5.10 Å². The van der Waals surface area contributed by atoms with Crippen LogP contribution in [-0.4, -0.2) is 37.0 Å². The van der Waals surface area contributed by atoms with Gasteiger partial charge in [0.2, 0.25) is 5.82 Å². The van der Waals surface area contributed by atoms with E-state index in [1.54, 1.807) is 24.7 Å². The first-order valence-electron chi connectivity index (χ1n) is 7.48. The molecule has 3 aromatic rings. The van der Waals surface area contributed by atoms with Crippen molar-refractivity contribution < 1.29 is 19.0 Å². The highest BCUT2D eigenvalue weighted by Crippen LogP contribution is 2.23. The third kappa shape index (κ3) is 4.01. The predicted molar refractivity (Wildman–Crippen MR) is 95.4 cm³/mol. The molecule has 0 atom stereocenters. The Hall–Kier alpha value is -3.12. The summed E-state index contributed by atoms with van der Waals surface area (Å²) in [4.78, 5) is 16.4. The number of amides is 1. The van der Waals surface area contributed by atoms with Crippen LogP contribution < -0.4 is 10.8 Å². The monoisotopic (exact) mass is 437 g/mol. The lowest BCUT2D eigenvalue weighted by Gasteiger charge is -2.04. The van der Waals surface area contributed by atoms with Crippen molar-refractivity contribution in [2.75, 3.05) is 5.32 Å². The van der Waals surface area contributed by atoms with Crippen LogP contribution in [0.3, 0.4) is 0 Å². The number of rotatable bonds is 4. The van der Waals surface area contributed by atoms with Crippen molar-refractivity contribution in [3.63, 3.8) is 0 Å². The van der Waals surface area contributed by atoms with Crippen molar-refractivity contribution in [1.82, 2.24) is 25.6 Å². The number of nitrogens with zero attached hydrogens (tertiary/aromatic N) is 5. The van der Waals surface area contributed by atoms with Gasteiger partial charge in [0.05, 0.1) is 10.2 Å². The third-order valence-electron chi connectivity index (χ3n) is 3.54. The quantitative estimate of drug-likeness (QED) is 0.324. The summed E-state index contributed by atoms with van der Waals surface area (Å²) in [6.07, 6.45) is 0. The molecule has 10 nitrogen and oxygen atoms in total.